The third-order valence-corrected chi connectivity index (χ3v) is 2.38. The van der Waals surface area contributed by atoms with Crippen molar-refractivity contribution in [3.63, 3.8) is 0 Å². The predicted octanol–water partition coefficient (Wildman–Crippen LogP) is 2.23. The number of nitriles is 1. The van der Waals surface area contributed by atoms with Crippen LogP contribution in [0.2, 0.25) is 0 Å². The molecule has 0 fully saturated rings. The van der Waals surface area contributed by atoms with Gasteiger partial charge >= 0.3 is 0 Å². The number of phenolic OH excluding ortho intramolecular Hbond substituents is 1. The number of rotatable bonds is 5. The van der Waals surface area contributed by atoms with Crippen LogP contribution in [-0.2, 0) is 0 Å². The van der Waals surface area contributed by atoms with E-state index in [2.05, 4.69) is 5.32 Å². The van der Waals surface area contributed by atoms with Gasteiger partial charge in [0.05, 0.1) is 11.6 Å². The monoisotopic (exact) mass is 272 g/mol. The van der Waals surface area contributed by atoms with Crippen LogP contribution in [0.3, 0.4) is 0 Å². The molecular weight excluding hydrogens is 261 g/mol. The van der Waals surface area contributed by atoms with Crippen molar-refractivity contribution < 1.29 is 23.1 Å². The summed E-state index contributed by atoms with van der Waals surface area (Å²) >= 11 is 0. The summed E-state index contributed by atoms with van der Waals surface area (Å²) in [6, 6.07) is 2.30. The first-order valence-corrected chi connectivity index (χ1v) is 5.50. The quantitative estimate of drug-likeness (QED) is 0.637. The van der Waals surface area contributed by atoms with E-state index in [0.717, 1.165) is 0 Å². The molecule has 0 bridgehead atoms. The molecule has 102 valence electrons. The standard InChI is InChI=1S/C12H11F3N2O2/c13-8-6-7(9(14)11(18)10(8)15)12(19)17-5-3-1-2-4-16/h6,18H,1-3,5H2,(H,17,19). The molecule has 7 heteroatoms. The van der Waals surface area contributed by atoms with Gasteiger partial charge in [0, 0.05) is 13.0 Å². The van der Waals surface area contributed by atoms with Gasteiger partial charge in [-0.3, -0.25) is 4.79 Å². The van der Waals surface area contributed by atoms with Crippen molar-refractivity contribution >= 4 is 5.91 Å². The molecule has 0 atom stereocenters. The van der Waals surface area contributed by atoms with Gasteiger partial charge in [-0.25, -0.2) is 8.78 Å². The van der Waals surface area contributed by atoms with Crippen molar-refractivity contribution in [2.24, 2.45) is 0 Å². The fourth-order valence-corrected chi connectivity index (χ4v) is 1.38. The van der Waals surface area contributed by atoms with Gasteiger partial charge in [-0.15, -0.1) is 0 Å². The molecule has 0 radical (unpaired) electrons. The van der Waals surface area contributed by atoms with Gasteiger partial charge in [0.15, 0.2) is 17.4 Å². The molecule has 0 aliphatic rings. The number of carbonyl (C=O) groups excluding carboxylic acids is 1. The first-order chi connectivity index (χ1) is 8.99. The van der Waals surface area contributed by atoms with Crippen LogP contribution in [0.15, 0.2) is 6.07 Å². The lowest BCUT2D eigenvalue weighted by Crippen LogP contribution is -2.25. The van der Waals surface area contributed by atoms with E-state index in [1.54, 1.807) is 0 Å². The summed E-state index contributed by atoms with van der Waals surface area (Å²) in [4.78, 5) is 11.5. The topological polar surface area (TPSA) is 73.1 Å². The van der Waals surface area contributed by atoms with Crippen LogP contribution in [0, 0.1) is 28.8 Å². The Kier molecular flexibility index (Phi) is 5.18. The third-order valence-electron chi connectivity index (χ3n) is 2.38. The Morgan fingerprint density at radius 3 is 2.63 bits per heavy atom. The van der Waals surface area contributed by atoms with E-state index in [1.807, 2.05) is 6.07 Å². The third kappa shape index (κ3) is 3.61. The number of halogens is 3. The van der Waals surface area contributed by atoms with Crippen molar-refractivity contribution in [3.8, 4) is 11.8 Å². The van der Waals surface area contributed by atoms with Crippen molar-refractivity contribution in [2.45, 2.75) is 19.3 Å². The van der Waals surface area contributed by atoms with Gasteiger partial charge in [0.1, 0.15) is 0 Å². The van der Waals surface area contributed by atoms with Crippen molar-refractivity contribution in [1.29, 1.82) is 5.26 Å². The van der Waals surface area contributed by atoms with Crippen LogP contribution in [0.1, 0.15) is 29.6 Å². The zero-order chi connectivity index (χ0) is 14.4. The van der Waals surface area contributed by atoms with Crippen LogP contribution in [-0.4, -0.2) is 17.6 Å². The Labute approximate surface area is 107 Å². The second-order valence-electron chi connectivity index (χ2n) is 3.75. The largest absolute Gasteiger partial charge is 0.503 e. The molecule has 0 spiro atoms. The van der Waals surface area contributed by atoms with E-state index >= 15 is 0 Å². The SMILES string of the molecule is N#CCCCCNC(=O)c1cc(F)c(F)c(O)c1F. The Hall–Kier alpha value is -2.23. The molecule has 1 amide bonds. The van der Waals surface area contributed by atoms with Crippen LogP contribution in [0.5, 0.6) is 5.75 Å². The van der Waals surface area contributed by atoms with E-state index in [1.165, 1.54) is 0 Å². The lowest BCUT2D eigenvalue weighted by atomic mass is 10.1. The van der Waals surface area contributed by atoms with Crippen LogP contribution in [0.4, 0.5) is 13.2 Å². The van der Waals surface area contributed by atoms with Crippen molar-refractivity contribution in [1.82, 2.24) is 5.32 Å². The summed E-state index contributed by atoms with van der Waals surface area (Å²) in [5.41, 5.74) is -0.767. The molecule has 0 saturated carbocycles. The van der Waals surface area contributed by atoms with Crippen LogP contribution < -0.4 is 5.32 Å². The second kappa shape index (κ2) is 6.64. The molecule has 0 heterocycles. The molecule has 0 saturated heterocycles. The molecule has 19 heavy (non-hydrogen) atoms. The number of hydrogen-bond donors (Lipinski definition) is 2. The molecule has 0 unspecified atom stereocenters. The highest BCUT2D eigenvalue weighted by molar-refractivity contribution is 5.94. The summed E-state index contributed by atoms with van der Waals surface area (Å²) in [6.45, 7) is 0.166. The predicted molar refractivity (Wildman–Crippen MR) is 59.8 cm³/mol. The molecule has 2 N–H and O–H groups in total. The van der Waals surface area contributed by atoms with Gasteiger partial charge in [-0.1, -0.05) is 0 Å². The average Bonchev–Trinajstić information content (AvgIpc) is 2.40. The highest BCUT2D eigenvalue weighted by atomic mass is 19.2. The first kappa shape index (κ1) is 14.8. The molecular formula is C12H11F3N2O2. The lowest BCUT2D eigenvalue weighted by molar-refractivity contribution is 0.0947. The Bertz CT molecular complexity index is 527. The molecule has 0 aliphatic carbocycles. The average molecular weight is 272 g/mol. The molecule has 0 aliphatic heterocycles. The maximum absolute atomic E-state index is 13.4. The summed E-state index contributed by atoms with van der Waals surface area (Å²) in [5, 5.41) is 19.5. The van der Waals surface area contributed by atoms with Gasteiger partial charge in [-0.05, 0) is 18.9 Å². The normalized spacial score (nSPS) is 10.0. The number of aromatic hydroxyl groups is 1. The number of unbranched alkanes of at least 4 members (excludes halogenated alkanes) is 2. The zero-order valence-electron chi connectivity index (χ0n) is 9.84. The maximum Gasteiger partial charge on any atom is 0.254 e. The van der Waals surface area contributed by atoms with Crippen molar-refractivity contribution in [3.05, 3.63) is 29.1 Å². The zero-order valence-corrected chi connectivity index (χ0v) is 9.84. The maximum atomic E-state index is 13.4. The van der Waals surface area contributed by atoms with Gasteiger partial charge in [0.25, 0.3) is 5.91 Å². The van der Waals surface area contributed by atoms with Crippen LogP contribution in [0.25, 0.3) is 0 Å². The number of carbonyl (C=O) groups is 1. The summed E-state index contributed by atoms with van der Waals surface area (Å²) in [5.74, 6) is -7.22. The minimum absolute atomic E-state index is 0.166. The molecule has 1 aromatic rings. The number of hydrogen-bond acceptors (Lipinski definition) is 3. The summed E-state index contributed by atoms with van der Waals surface area (Å²) in [6.07, 6.45) is 1.38. The summed E-state index contributed by atoms with van der Waals surface area (Å²) in [7, 11) is 0. The molecule has 0 aromatic heterocycles. The fourth-order valence-electron chi connectivity index (χ4n) is 1.38. The highest BCUT2D eigenvalue weighted by Crippen LogP contribution is 2.25. The lowest BCUT2D eigenvalue weighted by Gasteiger charge is -2.07. The van der Waals surface area contributed by atoms with Crippen molar-refractivity contribution in [2.75, 3.05) is 6.54 Å². The van der Waals surface area contributed by atoms with Crippen LogP contribution >= 0.6 is 0 Å². The second-order valence-corrected chi connectivity index (χ2v) is 3.75. The first-order valence-electron chi connectivity index (χ1n) is 5.50. The number of nitrogens with zero attached hydrogens (tertiary/aromatic N) is 1. The van der Waals surface area contributed by atoms with E-state index in [9.17, 15) is 18.0 Å². The minimum atomic E-state index is -1.73. The smallest absolute Gasteiger partial charge is 0.254 e. The Balaban J connectivity index is 2.70. The Morgan fingerprint density at radius 1 is 1.32 bits per heavy atom. The fraction of sp³-hybridized carbons (Fsp3) is 0.333. The number of nitrogens with one attached hydrogen (secondary N) is 1. The Morgan fingerprint density at radius 2 is 2.00 bits per heavy atom. The molecule has 1 rings (SSSR count). The number of benzene rings is 1. The van der Waals surface area contributed by atoms with Gasteiger partial charge in [0.2, 0.25) is 5.82 Å². The number of amides is 1. The van der Waals surface area contributed by atoms with E-state index in [-0.39, 0.29) is 6.54 Å². The number of phenols is 1. The molecule has 1 aromatic carbocycles. The van der Waals surface area contributed by atoms with E-state index < -0.39 is 34.7 Å². The minimum Gasteiger partial charge on any atom is -0.503 e. The van der Waals surface area contributed by atoms with E-state index in [0.29, 0.717) is 25.3 Å². The van der Waals surface area contributed by atoms with Gasteiger partial charge < -0.3 is 10.4 Å². The highest BCUT2D eigenvalue weighted by Gasteiger charge is 2.22. The van der Waals surface area contributed by atoms with Gasteiger partial charge in [-0.2, -0.15) is 9.65 Å². The molecule has 4 nitrogen and oxygen atoms in total. The summed E-state index contributed by atoms with van der Waals surface area (Å²) < 4.78 is 39.1. The van der Waals surface area contributed by atoms with E-state index in [4.69, 9.17) is 10.4 Å².